The Kier molecular flexibility index (Phi) is 2.86. The van der Waals surface area contributed by atoms with E-state index >= 15 is 0 Å². The summed E-state index contributed by atoms with van der Waals surface area (Å²) in [5.74, 6) is 0.341. The third kappa shape index (κ3) is 1.77. The van der Waals surface area contributed by atoms with Gasteiger partial charge in [0.15, 0.2) is 5.82 Å². The molecule has 3 heterocycles. The molecule has 6 N–H and O–H groups in total. The lowest BCUT2D eigenvalue weighted by Gasteiger charge is -2.15. The van der Waals surface area contributed by atoms with E-state index in [1.807, 2.05) is 0 Å². The Labute approximate surface area is 108 Å². The average molecular weight is 265 g/mol. The van der Waals surface area contributed by atoms with E-state index in [9.17, 15) is 10.2 Å². The number of hydrogen-bond acceptors (Lipinski definition) is 7. The monoisotopic (exact) mass is 265 g/mol. The second-order valence-electron chi connectivity index (χ2n) is 4.62. The fourth-order valence-corrected chi connectivity index (χ4v) is 2.49. The van der Waals surface area contributed by atoms with Gasteiger partial charge in [-0.3, -0.25) is 5.32 Å². The minimum Gasteiger partial charge on any atom is -0.395 e. The Morgan fingerprint density at radius 2 is 2.11 bits per heavy atom. The number of nitrogen functional groups attached to an aromatic ring is 1. The Morgan fingerprint density at radius 1 is 1.32 bits per heavy atom. The van der Waals surface area contributed by atoms with Crippen molar-refractivity contribution < 1.29 is 15.3 Å². The van der Waals surface area contributed by atoms with Crippen LogP contribution in [-0.4, -0.2) is 54.8 Å². The van der Waals surface area contributed by atoms with Crippen molar-refractivity contribution in [2.75, 3.05) is 12.3 Å². The fourth-order valence-electron chi connectivity index (χ4n) is 2.49. The molecule has 0 bridgehead atoms. The summed E-state index contributed by atoms with van der Waals surface area (Å²) in [6, 6.07) is 2.42. The molecule has 2 aromatic rings. The summed E-state index contributed by atoms with van der Waals surface area (Å²) >= 11 is 0. The molecule has 3 rings (SSSR count). The summed E-state index contributed by atoms with van der Waals surface area (Å²) in [7, 11) is 0. The summed E-state index contributed by atoms with van der Waals surface area (Å²) in [5, 5.41) is 36.1. The Balaban J connectivity index is 2.04. The Morgan fingerprint density at radius 3 is 2.79 bits per heavy atom. The van der Waals surface area contributed by atoms with Gasteiger partial charge in [0.1, 0.15) is 17.9 Å². The van der Waals surface area contributed by atoms with Crippen LogP contribution in [0.3, 0.4) is 0 Å². The van der Waals surface area contributed by atoms with Crippen molar-refractivity contribution in [2.45, 2.75) is 24.3 Å². The number of rotatable bonds is 2. The van der Waals surface area contributed by atoms with Crippen LogP contribution in [0.25, 0.3) is 5.52 Å². The molecule has 0 spiro atoms. The van der Waals surface area contributed by atoms with Crippen LogP contribution < -0.4 is 11.1 Å². The zero-order chi connectivity index (χ0) is 13.6. The maximum absolute atomic E-state index is 10.0. The first-order valence-corrected chi connectivity index (χ1v) is 5.94. The number of aliphatic hydroxyl groups excluding tert-OH is 3. The number of aromatic nitrogens is 3. The van der Waals surface area contributed by atoms with Gasteiger partial charge in [-0.25, -0.2) is 9.50 Å². The lowest BCUT2D eigenvalue weighted by Crippen LogP contribution is -2.35. The van der Waals surface area contributed by atoms with Crippen molar-refractivity contribution in [3.05, 3.63) is 24.2 Å². The number of hydrogen-bond donors (Lipinski definition) is 5. The molecule has 19 heavy (non-hydrogen) atoms. The largest absolute Gasteiger partial charge is 0.395 e. The second-order valence-corrected chi connectivity index (χ2v) is 4.62. The van der Waals surface area contributed by atoms with Crippen molar-refractivity contribution in [1.82, 2.24) is 19.9 Å². The predicted octanol–water partition coefficient (Wildman–Crippen LogP) is -1.96. The van der Waals surface area contributed by atoms with Gasteiger partial charge in [-0.2, -0.15) is 5.10 Å². The van der Waals surface area contributed by atoms with Crippen LogP contribution in [0.4, 0.5) is 5.82 Å². The van der Waals surface area contributed by atoms with Crippen LogP contribution in [0.2, 0.25) is 0 Å². The van der Waals surface area contributed by atoms with E-state index in [1.165, 1.54) is 6.33 Å². The van der Waals surface area contributed by atoms with Gasteiger partial charge in [0.25, 0.3) is 0 Å². The standard InChI is InChI=1S/C11H15N5O3/c12-11-7-2-1-6(16(7)14-4-13-11)8-10(19)9(18)5(3-17)15-8/h1-2,4-5,8-10,15,17-19H,3H2,(H2,12,13,14). The molecule has 1 saturated heterocycles. The molecular formula is C11H15N5O3. The average Bonchev–Trinajstić information content (AvgIpc) is 2.94. The smallest absolute Gasteiger partial charge is 0.151 e. The second kappa shape index (κ2) is 4.42. The van der Waals surface area contributed by atoms with Crippen LogP contribution in [0.15, 0.2) is 18.5 Å². The van der Waals surface area contributed by atoms with Gasteiger partial charge in [0.05, 0.1) is 30.5 Å². The molecule has 0 radical (unpaired) electrons. The number of nitrogens with two attached hydrogens (primary N) is 1. The molecule has 4 unspecified atom stereocenters. The minimum atomic E-state index is -1.03. The summed E-state index contributed by atoms with van der Waals surface area (Å²) in [4.78, 5) is 3.89. The van der Waals surface area contributed by atoms with Crippen LogP contribution in [0.1, 0.15) is 11.7 Å². The molecule has 1 aliphatic rings. The molecular weight excluding hydrogens is 250 g/mol. The number of fused-ring (bicyclic) bond motifs is 1. The van der Waals surface area contributed by atoms with E-state index in [4.69, 9.17) is 10.8 Å². The van der Waals surface area contributed by atoms with E-state index in [1.54, 1.807) is 16.6 Å². The van der Waals surface area contributed by atoms with E-state index in [2.05, 4.69) is 15.4 Å². The maximum atomic E-state index is 10.0. The van der Waals surface area contributed by atoms with Gasteiger partial charge in [-0.1, -0.05) is 0 Å². The molecule has 8 heteroatoms. The topological polar surface area (TPSA) is 129 Å². The highest BCUT2D eigenvalue weighted by Gasteiger charge is 2.42. The summed E-state index contributed by atoms with van der Waals surface area (Å²) < 4.78 is 1.57. The van der Waals surface area contributed by atoms with Crippen LogP contribution in [-0.2, 0) is 0 Å². The molecule has 0 aliphatic carbocycles. The van der Waals surface area contributed by atoms with E-state index in [0.29, 0.717) is 17.0 Å². The third-order valence-electron chi connectivity index (χ3n) is 3.52. The van der Waals surface area contributed by atoms with Gasteiger partial charge in [-0.15, -0.1) is 0 Å². The minimum absolute atomic E-state index is 0.255. The van der Waals surface area contributed by atoms with Crippen LogP contribution >= 0.6 is 0 Å². The quantitative estimate of drug-likeness (QED) is 0.426. The number of aliphatic hydroxyl groups is 3. The number of anilines is 1. The molecule has 4 atom stereocenters. The highest BCUT2D eigenvalue weighted by Crippen LogP contribution is 2.29. The first kappa shape index (κ1) is 12.3. The lowest BCUT2D eigenvalue weighted by atomic mass is 10.1. The summed E-state index contributed by atoms with van der Waals surface area (Å²) in [5.41, 5.74) is 7.03. The molecule has 0 saturated carbocycles. The van der Waals surface area contributed by atoms with Crippen molar-refractivity contribution in [3.63, 3.8) is 0 Å². The van der Waals surface area contributed by atoms with E-state index in [0.717, 1.165) is 0 Å². The fraction of sp³-hybridized carbons (Fsp3) is 0.455. The van der Waals surface area contributed by atoms with Crippen molar-refractivity contribution in [2.24, 2.45) is 0 Å². The molecule has 1 fully saturated rings. The highest BCUT2D eigenvalue weighted by atomic mass is 16.3. The predicted molar refractivity (Wildman–Crippen MR) is 66.2 cm³/mol. The normalized spacial score (nSPS) is 31.1. The maximum Gasteiger partial charge on any atom is 0.151 e. The van der Waals surface area contributed by atoms with Crippen molar-refractivity contribution >= 4 is 11.3 Å². The molecule has 2 aromatic heterocycles. The van der Waals surface area contributed by atoms with Crippen molar-refractivity contribution in [1.29, 1.82) is 0 Å². The zero-order valence-corrected chi connectivity index (χ0v) is 10.0. The highest BCUT2D eigenvalue weighted by molar-refractivity contribution is 5.65. The van der Waals surface area contributed by atoms with Gasteiger partial charge < -0.3 is 21.1 Å². The van der Waals surface area contributed by atoms with Gasteiger partial charge in [0, 0.05) is 0 Å². The SMILES string of the molecule is Nc1ncnn2c(C3NC(CO)C(O)C3O)ccc12. The van der Waals surface area contributed by atoms with Gasteiger partial charge in [0.2, 0.25) is 0 Å². The lowest BCUT2D eigenvalue weighted by molar-refractivity contribution is 0.0189. The third-order valence-corrected chi connectivity index (χ3v) is 3.52. The van der Waals surface area contributed by atoms with Gasteiger partial charge >= 0.3 is 0 Å². The molecule has 0 amide bonds. The van der Waals surface area contributed by atoms with E-state index < -0.39 is 24.3 Å². The molecule has 102 valence electrons. The van der Waals surface area contributed by atoms with Gasteiger partial charge in [-0.05, 0) is 12.1 Å². The van der Waals surface area contributed by atoms with E-state index in [-0.39, 0.29) is 6.61 Å². The Hall–Kier alpha value is -1.74. The number of nitrogens with zero attached hydrogens (tertiary/aromatic N) is 3. The summed E-state index contributed by atoms with van der Waals surface area (Å²) in [6.07, 6.45) is -0.723. The molecule has 1 aliphatic heterocycles. The Bertz CT molecular complexity index is 601. The van der Waals surface area contributed by atoms with Crippen LogP contribution in [0, 0.1) is 0 Å². The summed E-state index contributed by atoms with van der Waals surface area (Å²) in [6.45, 7) is -0.255. The molecule has 0 aromatic carbocycles. The van der Waals surface area contributed by atoms with Crippen LogP contribution in [0.5, 0.6) is 0 Å². The first-order chi connectivity index (χ1) is 9.13. The zero-order valence-electron chi connectivity index (χ0n) is 10.0. The first-order valence-electron chi connectivity index (χ1n) is 5.94. The number of nitrogens with one attached hydrogen (secondary N) is 1. The molecule has 8 nitrogen and oxygen atoms in total. The van der Waals surface area contributed by atoms with Crippen molar-refractivity contribution in [3.8, 4) is 0 Å².